The number of hydrogen-bond acceptors (Lipinski definition) is 4. The molecule has 3 rings (SSSR count). The van der Waals surface area contributed by atoms with Crippen LogP contribution in [0.5, 0.6) is 0 Å². The van der Waals surface area contributed by atoms with Crippen molar-refractivity contribution in [1.82, 2.24) is 0 Å². The lowest BCUT2D eigenvalue weighted by atomic mass is 9.56. The van der Waals surface area contributed by atoms with Crippen LogP contribution in [0.3, 0.4) is 0 Å². The summed E-state index contributed by atoms with van der Waals surface area (Å²) in [5, 5.41) is 29.8. The lowest BCUT2D eigenvalue weighted by Gasteiger charge is -2.44. The monoisotopic (exact) mass is 342 g/mol. The van der Waals surface area contributed by atoms with E-state index in [0.29, 0.717) is 5.57 Å². The van der Waals surface area contributed by atoms with E-state index in [2.05, 4.69) is 36.4 Å². The van der Waals surface area contributed by atoms with Gasteiger partial charge in [0.1, 0.15) is 6.07 Å². The Morgan fingerprint density at radius 3 is 2.23 bits per heavy atom. The van der Waals surface area contributed by atoms with E-state index in [-0.39, 0.29) is 17.5 Å². The molecule has 0 aliphatic heterocycles. The first kappa shape index (κ1) is 17.8. The average molecular weight is 342 g/mol. The van der Waals surface area contributed by atoms with Crippen LogP contribution in [0.4, 0.5) is 0 Å². The quantitative estimate of drug-likeness (QED) is 0.826. The highest BCUT2D eigenvalue weighted by atomic mass is 14.7. The van der Waals surface area contributed by atoms with Crippen molar-refractivity contribution in [3.05, 3.63) is 57.3 Å². The number of aryl methyl sites for hydroxylation is 3. The van der Waals surface area contributed by atoms with Crippen LogP contribution in [-0.2, 0) is 0 Å². The Labute approximate surface area is 154 Å². The summed E-state index contributed by atoms with van der Waals surface area (Å²) in [5.74, 6) is -0.396. The summed E-state index contributed by atoms with van der Waals surface area (Å²) in [4.78, 5) is 0. The highest BCUT2D eigenvalue weighted by Crippen LogP contribution is 2.56. The van der Waals surface area contributed by atoms with Crippen molar-refractivity contribution in [2.24, 2.45) is 17.1 Å². The van der Waals surface area contributed by atoms with Gasteiger partial charge in [0.2, 0.25) is 0 Å². The Bertz CT molecular complexity index is 922. The smallest absolute Gasteiger partial charge is 0.191 e. The molecule has 0 aromatic heterocycles. The van der Waals surface area contributed by atoms with Gasteiger partial charge in [-0.25, -0.2) is 0 Å². The Morgan fingerprint density at radius 2 is 1.69 bits per heavy atom. The molecule has 0 unspecified atom stereocenters. The molecule has 2 atom stereocenters. The predicted octanol–water partition coefficient (Wildman–Crippen LogP) is 4.21. The molecule has 0 fully saturated rings. The van der Waals surface area contributed by atoms with Crippen LogP contribution in [0.2, 0.25) is 0 Å². The van der Waals surface area contributed by atoms with E-state index in [1.807, 2.05) is 20.8 Å². The zero-order chi connectivity index (χ0) is 19.1. The van der Waals surface area contributed by atoms with E-state index < -0.39 is 5.41 Å². The van der Waals surface area contributed by atoms with Crippen molar-refractivity contribution in [3.8, 4) is 18.2 Å². The molecule has 2 aliphatic rings. The Hall–Kier alpha value is -3.03. The Kier molecular flexibility index (Phi) is 4.35. The van der Waals surface area contributed by atoms with Gasteiger partial charge in [-0.3, -0.25) is 0 Å². The summed E-state index contributed by atoms with van der Waals surface area (Å²) in [7, 11) is 0. The second kappa shape index (κ2) is 6.36. The molecular weight excluding hydrogens is 320 g/mol. The SMILES string of the molecule is Cc1cc(C)c([C@H]2[C@@H]3CCCC=C3C(C#N)=C(N)C2(C#N)C#N)c(C)c1. The highest BCUT2D eigenvalue weighted by molar-refractivity contribution is 5.60. The van der Waals surface area contributed by atoms with Crippen LogP contribution in [-0.4, -0.2) is 0 Å². The largest absolute Gasteiger partial charge is 0.399 e. The molecule has 26 heavy (non-hydrogen) atoms. The molecule has 0 saturated heterocycles. The van der Waals surface area contributed by atoms with E-state index in [1.165, 1.54) is 0 Å². The fraction of sp³-hybridized carbons (Fsp3) is 0.409. The molecule has 0 saturated carbocycles. The van der Waals surface area contributed by atoms with Gasteiger partial charge in [0, 0.05) is 5.92 Å². The van der Waals surface area contributed by atoms with Crippen LogP contribution in [0.15, 0.2) is 35.1 Å². The predicted molar refractivity (Wildman–Crippen MR) is 99.3 cm³/mol. The van der Waals surface area contributed by atoms with E-state index >= 15 is 0 Å². The third-order valence-electron chi connectivity index (χ3n) is 5.85. The normalized spacial score (nSPS) is 23.9. The van der Waals surface area contributed by atoms with Gasteiger partial charge in [-0.15, -0.1) is 0 Å². The molecule has 0 radical (unpaired) electrons. The van der Waals surface area contributed by atoms with Crippen molar-refractivity contribution in [1.29, 1.82) is 15.8 Å². The van der Waals surface area contributed by atoms with Crippen molar-refractivity contribution in [2.45, 2.75) is 46.0 Å². The summed E-state index contributed by atoms with van der Waals surface area (Å²) < 4.78 is 0. The molecule has 0 heterocycles. The molecule has 4 nitrogen and oxygen atoms in total. The third kappa shape index (κ3) is 2.33. The Balaban J connectivity index is 2.41. The second-order valence-electron chi connectivity index (χ2n) is 7.42. The van der Waals surface area contributed by atoms with E-state index in [9.17, 15) is 15.8 Å². The maximum atomic E-state index is 10.1. The van der Waals surface area contributed by atoms with Gasteiger partial charge in [0.15, 0.2) is 5.41 Å². The summed E-state index contributed by atoms with van der Waals surface area (Å²) >= 11 is 0. The van der Waals surface area contributed by atoms with E-state index in [0.717, 1.165) is 47.1 Å². The van der Waals surface area contributed by atoms with Crippen molar-refractivity contribution in [2.75, 3.05) is 0 Å². The molecular formula is C22H22N4. The van der Waals surface area contributed by atoms with Gasteiger partial charge in [-0.1, -0.05) is 23.8 Å². The minimum atomic E-state index is -1.52. The van der Waals surface area contributed by atoms with Gasteiger partial charge in [0.25, 0.3) is 0 Å². The molecule has 2 aliphatic carbocycles. The van der Waals surface area contributed by atoms with Crippen LogP contribution >= 0.6 is 0 Å². The van der Waals surface area contributed by atoms with E-state index in [4.69, 9.17) is 5.73 Å². The minimum absolute atomic E-state index is 0.0369. The second-order valence-corrected chi connectivity index (χ2v) is 7.42. The molecule has 130 valence electrons. The molecule has 2 N–H and O–H groups in total. The molecule has 1 aromatic rings. The molecule has 4 heteroatoms. The number of hydrogen-bond donors (Lipinski definition) is 1. The number of rotatable bonds is 1. The number of benzene rings is 1. The van der Waals surface area contributed by atoms with Crippen LogP contribution in [0.25, 0.3) is 0 Å². The van der Waals surface area contributed by atoms with E-state index in [1.54, 1.807) is 0 Å². The van der Waals surface area contributed by atoms with Crippen molar-refractivity contribution < 1.29 is 0 Å². The summed E-state index contributed by atoms with van der Waals surface area (Å²) in [6, 6.07) is 10.8. The van der Waals surface area contributed by atoms with Gasteiger partial charge < -0.3 is 5.73 Å². The van der Waals surface area contributed by atoms with Gasteiger partial charge in [-0.2, -0.15) is 15.8 Å². The zero-order valence-corrected chi connectivity index (χ0v) is 15.4. The number of nitrogens with zero attached hydrogens (tertiary/aromatic N) is 3. The number of allylic oxidation sites excluding steroid dienone is 4. The fourth-order valence-corrected chi connectivity index (χ4v) is 4.87. The zero-order valence-electron chi connectivity index (χ0n) is 15.4. The summed E-state index contributed by atoms with van der Waals surface area (Å²) in [6.45, 7) is 6.10. The molecule has 1 aromatic carbocycles. The maximum Gasteiger partial charge on any atom is 0.191 e. The topological polar surface area (TPSA) is 97.4 Å². The molecule has 0 spiro atoms. The third-order valence-corrected chi connectivity index (χ3v) is 5.85. The first-order chi connectivity index (χ1) is 12.4. The lowest BCUT2D eigenvalue weighted by molar-refractivity contribution is 0.315. The number of fused-ring (bicyclic) bond motifs is 1. The van der Waals surface area contributed by atoms with Crippen molar-refractivity contribution in [3.63, 3.8) is 0 Å². The highest BCUT2D eigenvalue weighted by Gasteiger charge is 2.54. The minimum Gasteiger partial charge on any atom is -0.399 e. The van der Waals surface area contributed by atoms with Gasteiger partial charge in [-0.05, 0) is 68.2 Å². The summed E-state index contributed by atoms with van der Waals surface area (Å²) in [6.07, 6.45) is 4.81. The van der Waals surface area contributed by atoms with Gasteiger partial charge in [0.05, 0.1) is 23.4 Å². The van der Waals surface area contributed by atoms with Crippen molar-refractivity contribution >= 4 is 0 Å². The average Bonchev–Trinajstić information content (AvgIpc) is 2.61. The van der Waals surface area contributed by atoms with Gasteiger partial charge >= 0.3 is 0 Å². The van der Waals surface area contributed by atoms with Crippen LogP contribution < -0.4 is 5.73 Å². The number of nitrogens with two attached hydrogens (primary N) is 1. The summed E-state index contributed by atoms with van der Waals surface area (Å²) in [5.41, 5.74) is 10.5. The number of nitriles is 3. The maximum absolute atomic E-state index is 10.1. The lowest BCUT2D eigenvalue weighted by Crippen LogP contribution is -2.43. The fourth-order valence-electron chi connectivity index (χ4n) is 4.87. The van der Waals surface area contributed by atoms with Crippen LogP contribution in [0, 0.1) is 66.1 Å². The first-order valence-corrected chi connectivity index (χ1v) is 8.92. The first-order valence-electron chi connectivity index (χ1n) is 8.92. The Morgan fingerprint density at radius 1 is 1.08 bits per heavy atom. The van der Waals surface area contributed by atoms with Crippen LogP contribution in [0.1, 0.15) is 47.4 Å². The molecule has 0 bridgehead atoms. The molecule has 0 amide bonds. The standard InChI is InChI=1S/C22H22N4/c1-13-8-14(2)19(15(3)9-13)20-17-7-5-4-6-16(17)18(10-23)21(26)22(20,11-24)12-25/h6,8-9,17,20H,4-5,7,26H2,1-3H3/t17-,20-/m1/s1.